The van der Waals surface area contributed by atoms with Crippen LogP contribution < -0.4 is 10.6 Å². The number of aldehydes is 1. The fourth-order valence-corrected chi connectivity index (χ4v) is 2.19. The smallest absolute Gasteiger partial charge is 0.168 e. The molecule has 0 fully saturated rings. The Morgan fingerprint density at radius 3 is 2.22 bits per heavy atom. The lowest BCUT2D eigenvalue weighted by molar-refractivity contribution is -0.105. The molecule has 0 unspecified atom stereocenters. The Morgan fingerprint density at radius 2 is 1.56 bits per heavy atom. The Balaban J connectivity index is 2.28. The number of carbonyl (C=O) groups excluding carboxylic acids is 1. The van der Waals surface area contributed by atoms with Crippen molar-refractivity contribution in [2.75, 3.05) is 13.1 Å². The van der Waals surface area contributed by atoms with Gasteiger partial charge in [0, 0.05) is 13.1 Å². The van der Waals surface area contributed by atoms with Crippen molar-refractivity contribution in [3.63, 3.8) is 0 Å². The quantitative estimate of drug-likeness (QED) is 0.784. The van der Waals surface area contributed by atoms with Gasteiger partial charge in [-0.3, -0.25) is 4.79 Å². The van der Waals surface area contributed by atoms with Gasteiger partial charge in [-0.05, 0) is 18.4 Å². The molecule has 0 aliphatic carbocycles. The van der Waals surface area contributed by atoms with Gasteiger partial charge in [-0.1, -0.05) is 43.2 Å². The normalized spacial score (nSPS) is 17.6. The highest BCUT2D eigenvalue weighted by Crippen LogP contribution is 2.15. The molecular weight excluding hydrogens is 224 g/mol. The molecule has 3 heteroatoms. The zero-order valence-corrected chi connectivity index (χ0v) is 10.6. The summed E-state index contributed by atoms with van der Waals surface area (Å²) in [4.78, 5) is 11.2. The summed E-state index contributed by atoms with van der Waals surface area (Å²) < 4.78 is 0. The van der Waals surface area contributed by atoms with Crippen LogP contribution in [-0.2, 0) is 4.79 Å². The van der Waals surface area contributed by atoms with E-state index in [1.807, 2.05) is 30.3 Å². The van der Waals surface area contributed by atoms with Crippen molar-refractivity contribution in [2.24, 2.45) is 0 Å². The number of nitrogens with one attached hydrogen (secondary N) is 2. The Morgan fingerprint density at radius 1 is 0.889 bits per heavy atom. The Hall–Kier alpha value is -1.77. The number of hydrogen-bond donors (Lipinski definition) is 2. The number of carbonyl (C=O) groups is 1. The fraction of sp³-hybridized carbons (Fsp3) is 0.400. The predicted molar refractivity (Wildman–Crippen MR) is 73.9 cm³/mol. The summed E-state index contributed by atoms with van der Waals surface area (Å²) in [6.45, 7) is 1.79. The van der Waals surface area contributed by atoms with Gasteiger partial charge >= 0.3 is 0 Å². The van der Waals surface area contributed by atoms with E-state index in [4.69, 9.17) is 0 Å². The van der Waals surface area contributed by atoms with Crippen LogP contribution in [-0.4, -0.2) is 19.4 Å². The topological polar surface area (TPSA) is 41.1 Å². The van der Waals surface area contributed by atoms with Crippen molar-refractivity contribution in [3.05, 3.63) is 41.6 Å². The minimum Gasteiger partial charge on any atom is -0.383 e. The third-order valence-corrected chi connectivity index (χ3v) is 3.17. The van der Waals surface area contributed by atoms with E-state index in [2.05, 4.69) is 10.6 Å². The highest BCUT2D eigenvalue weighted by Gasteiger charge is 2.09. The van der Waals surface area contributed by atoms with E-state index >= 15 is 0 Å². The number of allylic oxidation sites excluding steroid dienone is 1. The summed E-state index contributed by atoms with van der Waals surface area (Å²) in [6.07, 6.45) is 5.66. The summed E-state index contributed by atoms with van der Waals surface area (Å²) >= 11 is 0. The molecule has 1 aromatic carbocycles. The first-order valence-electron chi connectivity index (χ1n) is 6.64. The first-order chi connectivity index (χ1) is 8.92. The van der Waals surface area contributed by atoms with Crippen LogP contribution in [0.5, 0.6) is 0 Å². The largest absolute Gasteiger partial charge is 0.383 e. The molecule has 2 rings (SSSR count). The average Bonchev–Trinajstić information content (AvgIpc) is 2.44. The molecule has 0 aromatic heterocycles. The van der Waals surface area contributed by atoms with Crippen LogP contribution in [0, 0.1) is 0 Å². The maximum atomic E-state index is 11.2. The number of benzene rings is 1. The van der Waals surface area contributed by atoms with Crippen molar-refractivity contribution in [3.8, 4) is 0 Å². The van der Waals surface area contributed by atoms with E-state index in [0.29, 0.717) is 5.70 Å². The summed E-state index contributed by atoms with van der Waals surface area (Å²) in [7, 11) is 0. The maximum absolute atomic E-state index is 11.2. The van der Waals surface area contributed by atoms with Crippen LogP contribution in [0.1, 0.15) is 31.2 Å². The number of hydrogen-bond acceptors (Lipinski definition) is 3. The molecule has 2 N–H and O–H groups in total. The van der Waals surface area contributed by atoms with Gasteiger partial charge in [0.15, 0.2) is 6.29 Å². The predicted octanol–water partition coefficient (Wildman–Crippen LogP) is 2.31. The van der Waals surface area contributed by atoms with E-state index in [-0.39, 0.29) is 0 Å². The fourth-order valence-electron chi connectivity index (χ4n) is 2.19. The molecule has 0 radical (unpaired) electrons. The monoisotopic (exact) mass is 244 g/mol. The summed E-state index contributed by atoms with van der Waals surface area (Å²) in [6, 6.07) is 10.0. The van der Waals surface area contributed by atoms with Crippen LogP contribution in [0.3, 0.4) is 0 Å². The van der Waals surface area contributed by atoms with Crippen LogP contribution >= 0.6 is 0 Å². The average molecular weight is 244 g/mol. The lowest BCUT2D eigenvalue weighted by Crippen LogP contribution is -2.25. The molecule has 0 bridgehead atoms. The molecule has 1 aliphatic heterocycles. The van der Waals surface area contributed by atoms with Gasteiger partial charge in [-0.15, -0.1) is 0 Å². The van der Waals surface area contributed by atoms with Crippen molar-refractivity contribution < 1.29 is 4.79 Å². The molecule has 0 saturated carbocycles. The molecule has 0 spiro atoms. The second-order valence-corrected chi connectivity index (χ2v) is 4.54. The summed E-state index contributed by atoms with van der Waals surface area (Å²) in [5.74, 6) is 0. The third kappa shape index (κ3) is 3.36. The molecule has 96 valence electrons. The Bertz CT molecular complexity index is 412. The third-order valence-electron chi connectivity index (χ3n) is 3.17. The highest BCUT2D eigenvalue weighted by molar-refractivity contribution is 5.86. The second-order valence-electron chi connectivity index (χ2n) is 4.54. The zero-order chi connectivity index (χ0) is 12.6. The van der Waals surface area contributed by atoms with E-state index in [0.717, 1.165) is 43.5 Å². The van der Waals surface area contributed by atoms with Crippen LogP contribution in [0.25, 0.3) is 5.70 Å². The van der Waals surface area contributed by atoms with Crippen molar-refractivity contribution >= 4 is 12.0 Å². The van der Waals surface area contributed by atoms with E-state index in [1.54, 1.807) is 0 Å². The van der Waals surface area contributed by atoms with Gasteiger partial charge in [-0.2, -0.15) is 0 Å². The van der Waals surface area contributed by atoms with Gasteiger partial charge in [0.25, 0.3) is 0 Å². The van der Waals surface area contributed by atoms with Gasteiger partial charge in [0.05, 0.1) is 11.4 Å². The molecule has 1 aliphatic rings. The lowest BCUT2D eigenvalue weighted by Gasteiger charge is -2.17. The van der Waals surface area contributed by atoms with Crippen molar-refractivity contribution in [1.29, 1.82) is 0 Å². The molecule has 0 atom stereocenters. The van der Waals surface area contributed by atoms with Crippen molar-refractivity contribution in [1.82, 2.24) is 10.6 Å². The van der Waals surface area contributed by atoms with Gasteiger partial charge < -0.3 is 10.6 Å². The standard InChI is InChI=1S/C15H20N2O/c18-12-14-15(13-8-4-3-5-9-13)17-11-7-2-1-6-10-16-14/h3-5,8-9,12,16-17H,1-2,6-7,10-11H2. The molecule has 0 saturated heterocycles. The van der Waals surface area contributed by atoms with E-state index < -0.39 is 0 Å². The number of rotatable bonds is 2. The maximum Gasteiger partial charge on any atom is 0.168 e. The lowest BCUT2D eigenvalue weighted by atomic mass is 10.1. The molecule has 0 amide bonds. The zero-order valence-electron chi connectivity index (χ0n) is 10.6. The van der Waals surface area contributed by atoms with Gasteiger partial charge in [0.2, 0.25) is 0 Å². The van der Waals surface area contributed by atoms with E-state index in [9.17, 15) is 4.79 Å². The summed E-state index contributed by atoms with van der Waals surface area (Å²) in [5.41, 5.74) is 2.66. The van der Waals surface area contributed by atoms with E-state index in [1.165, 1.54) is 12.8 Å². The summed E-state index contributed by atoms with van der Waals surface area (Å²) in [5, 5.41) is 6.63. The first kappa shape index (κ1) is 12.7. The molecule has 18 heavy (non-hydrogen) atoms. The minimum atomic E-state index is 0.670. The molecule has 1 aromatic rings. The highest BCUT2D eigenvalue weighted by atomic mass is 16.1. The first-order valence-corrected chi connectivity index (χ1v) is 6.64. The SMILES string of the molecule is O=CC1=C(c2ccccc2)NCCCCCCN1. The molecular formula is C15H20N2O. The van der Waals surface area contributed by atoms with Gasteiger partial charge in [0.1, 0.15) is 0 Å². The van der Waals surface area contributed by atoms with Crippen molar-refractivity contribution in [2.45, 2.75) is 25.7 Å². The van der Waals surface area contributed by atoms with Crippen LogP contribution in [0.4, 0.5) is 0 Å². The molecule has 3 nitrogen and oxygen atoms in total. The Labute approximate surface area is 108 Å². The Kier molecular flexibility index (Phi) is 4.82. The van der Waals surface area contributed by atoms with Crippen LogP contribution in [0.15, 0.2) is 36.0 Å². The molecule has 1 heterocycles. The van der Waals surface area contributed by atoms with Crippen LogP contribution in [0.2, 0.25) is 0 Å². The van der Waals surface area contributed by atoms with Gasteiger partial charge in [-0.25, -0.2) is 0 Å². The minimum absolute atomic E-state index is 0.670. The second kappa shape index (κ2) is 6.84.